The number of hydrogen-bond donors (Lipinski definition) is 1. The van der Waals surface area contributed by atoms with Crippen molar-refractivity contribution in [3.8, 4) is 5.75 Å². The Labute approximate surface area is 180 Å². The van der Waals surface area contributed by atoms with Crippen LogP contribution < -0.4 is 10.1 Å². The summed E-state index contributed by atoms with van der Waals surface area (Å²) < 4.78 is 5.24. The van der Waals surface area contributed by atoms with E-state index in [2.05, 4.69) is 36.3 Å². The maximum atomic E-state index is 12.7. The van der Waals surface area contributed by atoms with Crippen LogP contribution in [0.4, 0.5) is 5.69 Å². The van der Waals surface area contributed by atoms with Crippen LogP contribution in [0.5, 0.6) is 5.75 Å². The van der Waals surface area contributed by atoms with Crippen LogP contribution in [0.15, 0.2) is 23.4 Å². The van der Waals surface area contributed by atoms with Crippen molar-refractivity contribution in [3.63, 3.8) is 0 Å². The zero-order valence-electron chi connectivity index (χ0n) is 17.9. The Morgan fingerprint density at radius 2 is 2.03 bits per heavy atom. The molecule has 2 aliphatic rings. The highest BCUT2D eigenvalue weighted by atomic mass is 32.2. The van der Waals surface area contributed by atoms with Gasteiger partial charge in [0.25, 0.3) is 0 Å². The smallest absolute Gasteiger partial charge is 0.221 e. The monoisotopic (exact) mass is 426 g/mol. The van der Waals surface area contributed by atoms with Gasteiger partial charge >= 0.3 is 0 Å². The average Bonchev–Trinajstić information content (AvgIpc) is 3.04. The molecule has 1 N–H and O–H groups in total. The Hall–Kier alpha value is -2.48. The Morgan fingerprint density at radius 3 is 2.73 bits per heavy atom. The highest BCUT2D eigenvalue weighted by molar-refractivity contribution is 7.99. The number of nitrogens with zero attached hydrogens (tertiary/aromatic N) is 3. The number of benzene rings is 1. The lowest BCUT2D eigenvalue weighted by molar-refractivity contribution is -0.114. The molecule has 2 aromatic rings. The van der Waals surface area contributed by atoms with Crippen molar-refractivity contribution in [3.05, 3.63) is 35.2 Å². The summed E-state index contributed by atoms with van der Waals surface area (Å²) in [6.07, 6.45) is 2.24. The second kappa shape index (κ2) is 7.34. The van der Waals surface area contributed by atoms with Gasteiger partial charge in [-0.15, -0.1) is 5.10 Å². The summed E-state index contributed by atoms with van der Waals surface area (Å²) >= 11 is 1.29. The molecule has 1 aromatic heterocycles. The molecular formula is C22H26N4O3S. The zero-order chi connectivity index (χ0) is 21.7. The molecule has 2 atom stereocenters. The molecule has 8 heteroatoms. The normalized spacial score (nSPS) is 23.2. The third-order valence-electron chi connectivity index (χ3n) is 6.94. The van der Waals surface area contributed by atoms with Gasteiger partial charge in [0.2, 0.25) is 11.1 Å². The Balaban J connectivity index is 1.50. The van der Waals surface area contributed by atoms with Gasteiger partial charge in [-0.25, -0.2) is 4.98 Å². The van der Waals surface area contributed by atoms with Gasteiger partial charge in [-0.1, -0.05) is 32.5 Å². The third-order valence-corrected chi connectivity index (χ3v) is 7.77. The molecular weight excluding hydrogens is 400 g/mol. The van der Waals surface area contributed by atoms with E-state index in [1.165, 1.54) is 25.8 Å². The van der Waals surface area contributed by atoms with E-state index in [1.807, 2.05) is 0 Å². The van der Waals surface area contributed by atoms with Crippen LogP contribution in [0.3, 0.4) is 0 Å². The van der Waals surface area contributed by atoms with Gasteiger partial charge in [0.15, 0.2) is 5.78 Å². The summed E-state index contributed by atoms with van der Waals surface area (Å²) in [4.78, 5) is 29.0. The molecule has 1 amide bonds. The Morgan fingerprint density at radius 1 is 1.27 bits per heavy atom. The molecule has 0 aliphatic heterocycles. The Kier molecular flexibility index (Phi) is 5.08. The van der Waals surface area contributed by atoms with Crippen LogP contribution >= 0.6 is 11.8 Å². The number of methoxy groups -OCH3 is 1. The van der Waals surface area contributed by atoms with Gasteiger partial charge in [-0.3, -0.25) is 9.59 Å². The van der Waals surface area contributed by atoms with Gasteiger partial charge in [0.1, 0.15) is 5.75 Å². The van der Waals surface area contributed by atoms with E-state index in [0.29, 0.717) is 28.1 Å². The number of hydrogen-bond acceptors (Lipinski definition) is 7. The maximum Gasteiger partial charge on any atom is 0.221 e. The summed E-state index contributed by atoms with van der Waals surface area (Å²) in [6, 6.07) is 5.00. The van der Waals surface area contributed by atoms with E-state index in [0.717, 1.165) is 24.2 Å². The highest BCUT2D eigenvalue weighted by Gasteiger charge is 2.61. The van der Waals surface area contributed by atoms with Gasteiger partial charge in [0, 0.05) is 23.8 Å². The fourth-order valence-electron chi connectivity index (χ4n) is 4.81. The summed E-state index contributed by atoms with van der Waals surface area (Å²) in [5, 5.41) is 12.0. The first-order valence-electron chi connectivity index (χ1n) is 10.0. The van der Waals surface area contributed by atoms with Gasteiger partial charge in [0.05, 0.1) is 29.9 Å². The molecule has 158 valence electrons. The average molecular weight is 427 g/mol. The number of rotatable bonds is 6. The predicted molar refractivity (Wildman–Crippen MR) is 115 cm³/mol. The molecule has 1 fully saturated rings. The molecule has 1 heterocycles. The van der Waals surface area contributed by atoms with Crippen LogP contribution in [-0.4, -0.2) is 39.7 Å². The molecule has 0 spiro atoms. The van der Waals surface area contributed by atoms with Gasteiger partial charge in [-0.2, -0.15) is 5.10 Å². The number of amides is 1. The van der Waals surface area contributed by atoms with Crippen molar-refractivity contribution in [1.82, 2.24) is 15.2 Å². The van der Waals surface area contributed by atoms with Crippen molar-refractivity contribution in [2.75, 3.05) is 18.2 Å². The van der Waals surface area contributed by atoms with E-state index in [4.69, 9.17) is 9.72 Å². The number of nitrogens with one attached hydrogen (secondary N) is 1. The highest BCUT2D eigenvalue weighted by Crippen LogP contribution is 2.66. The molecule has 1 saturated carbocycles. The molecule has 2 aliphatic carbocycles. The summed E-state index contributed by atoms with van der Waals surface area (Å²) in [5.41, 5.74) is 3.17. The molecule has 30 heavy (non-hydrogen) atoms. The molecule has 4 rings (SSSR count). The van der Waals surface area contributed by atoms with Crippen molar-refractivity contribution in [2.24, 2.45) is 5.41 Å². The largest absolute Gasteiger partial charge is 0.495 e. The number of carbonyl (C=O) groups excluding carboxylic acids is 2. The molecule has 1 aromatic carbocycles. The van der Waals surface area contributed by atoms with Crippen LogP contribution in [0.25, 0.3) is 0 Å². The number of fused-ring (bicyclic) bond motifs is 5. The zero-order valence-corrected chi connectivity index (χ0v) is 18.7. The number of thioether (sulfide) groups is 1. The number of aromatic nitrogens is 3. The maximum absolute atomic E-state index is 12.7. The van der Waals surface area contributed by atoms with Crippen molar-refractivity contribution in [1.29, 1.82) is 0 Å². The quantitative estimate of drug-likeness (QED) is 0.551. The van der Waals surface area contributed by atoms with Crippen LogP contribution in [0, 0.1) is 5.41 Å². The SMILES string of the molecule is COc1ccc(C(=O)CSc2nnc3c(n2)[C@@]2(C)CC[C@@H]3C2(C)C)cc1NC(C)=O. The number of Topliss-reactive ketones (excluding diaryl/α,β-unsaturated/α-hetero) is 1. The van der Waals surface area contributed by atoms with Gasteiger partial charge in [-0.05, 0) is 36.5 Å². The Bertz CT molecular complexity index is 1040. The number of anilines is 1. The summed E-state index contributed by atoms with van der Waals surface area (Å²) in [5.74, 6) is 0.800. The number of ether oxygens (including phenoxy) is 1. The lowest BCUT2D eigenvalue weighted by Gasteiger charge is -2.33. The summed E-state index contributed by atoms with van der Waals surface area (Å²) in [6.45, 7) is 8.27. The van der Waals surface area contributed by atoms with E-state index in [1.54, 1.807) is 18.2 Å². The molecule has 7 nitrogen and oxygen atoms in total. The number of carbonyl (C=O) groups is 2. The third kappa shape index (κ3) is 3.17. The second-order valence-electron chi connectivity index (χ2n) is 8.78. The minimum Gasteiger partial charge on any atom is -0.495 e. The second-order valence-corrected chi connectivity index (χ2v) is 9.72. The van der Waals surface area contributed by atoms with Gasteiger partial charge < -0.3 is 10.1 Å². The fraction of sp³-hybridized carbons (Fsp3) is 0.500. The van der Waals surface area contributed by atoms with E-state index in [9.17, 15) is 9.59 Å². The standard InChI is InChI=1S/C22H26N4O3S/c1-12(27)23-15-10-13(6-7-17(15)29-5)16(28)11-30-20-24-19-18(25-26-20)14-8-9-22(19,4)21(14,2)3/h6-7,10,14H,8-9,11H2,1-5H3,(H,23,27)/t14-,22+/m0/s1. The fourth-order valence-corrected chi connectivity index (χ4v) is 5.49. The lowest BCUT2D eigenvalue weighted by Crippen LogP contribution is -2.32. The first-order chi connectivity index (χ1) is 14.2. The van der Waals surface area contributed by atoms with Crippen LogP contribution in [0.1, 0.15) is 68.2 Å². The van der Waals surface area contributed by atoms with E-state index in [-0.39, 0.29) is 28.3 Å². The molecule has 2 bridgehead atoms. The first-order valence-corrected chi connectivity index (χ1v) is 11.0. The van der Waals surface area contributed by atoms with Crippen molar-refractivity contribution in [2.45, 2.75) is 57.0 Å². The lowest BCUT2D eigenvalue weighted by atomic mass is 9.70. The minimum absolute atomic E-state index is 0.00546. The summed E-state index contributed by atoms with van der Waals surface area (Å²) in [7, 11) is 1.52. The predicted octanol–water partition coefficient (Wildman–Crippen LogP) is 3.99. The van der Waals surface area contributed by atoms with E-state index < -0.39 is 0 Å². The number of ketones is 1. The van der Waals surface area contributed by atoms with Crippen molar-refractivity contribution >= 4 is 29.1 Å². The van der Waals surface area contributed by atoms with Crippen LogP contribution in [0.2, 0.25) is 0 Å². The first kappa shape index (κ1) is 20.8. The molecule has 0 radical (unpaired) electrons. The molecule has 0 saturated heterocycles. The molecule has 0 unspecified atom stereocenters. The van der Waals surface area contributed by atoms with Crippen molar-refractivity contribution < 1.29 is 14.3 Å². The minimum atomic E-state index is -0.226. The van der Waals surface area contributed by atoms with Crippen LogP contribution in [-0.2, 0) is 10.2 Å². The van der Waals surface area contributed by atoms with E-state index >= 15 is 0 Å². The topological polar surface area (TPSA) is 94.1 Å².